The van der Waals surface area contributed by atoms with E-state index in [4.69, 9.17) is 22.1 Å². The summed E-state index contributed by atoms with van der Waals surface area (Å²) < 4.78 is 18.3. The summed E-state index contributed by atoms with van der Waals surface area (Å²) in [6.45, 7) is 0. The summed E-state index contributed by atoms with van der Waals surface area (Å²) in [5.74, 6) is -0.0313. The minimum atomic E-state index is -0.506. The second-order valence-corrected chi connectivity index (χ2v) is 3.53. The molecule has 0 unspecified atom stereocenters. The predicted octanol–water partition coefficient (Wildman–Crippen LogP) is 2.60. The van der Waals surface area contributed by atoms with Gasteiger partial charge in [-0.25, -0.2) is 4.39 Å². The molecule has 1 aliphatic rings. The Labute approximate surface area is 80.4 Å². The summed E-state index contributed by atoms with van der Waals surface area (Å²) in [6, 6.07) is 2.60. The van der Waals surface area contributed by atoms with Crippen molar-refractivity contribution in [1.29, 1.82) is 0 Å². The van der Waals surface area contributed by atoms with E-state index in [1.54, 1.807) is 0 Å². The molecule has 0 aliphatic heterocycles. The minimum Gasteiger partial charge on any atom is -0.489 e. The Hall–Kier alpha value is -0.960. The molecule has 0 radical (unpaired) electrons. The number of benzene rings is 1. The number of nitrogen functional groups attached to an aromatic ring is 1. The van der Waals surface area contributed by atoms with Crippen molar-refractivity contribution >= 4 is 17.3 Å². The SMILES string of the molecule is Nc1cc(OC2CC2)c(Cl)cc1F. The molecule has 0 atom stereocenters. The summed E-state index contributed by atoms with van der Waals surface area (Å²) in [4.78, 5) is 0. The summed E-state index contributed by atoms with van der Waals surface area (Å²) in [6.07, 6.45) is 2.31. The van der Waals surface area contributed by atoms with E-state index in [2.05, 4.69) is 0 Å². The van der Waals surface area contributed by atoms with Crippen molar-refractivity contribution in [3.8, 4) is 5.75 Å². The molecule has 1 aromatic carbocycles. The molecule has 0 aromatic heterocycles. The third-order valence-electron chi connectivity index (χ3n) is 1.87. The Kier molecular flexibility index (Phi) is 2.04. The molecule has 4 heteroatoms. The van der Waals surface area contributed by atoms with E-state index in [9.17, 15) is 4.39 Å². The Morgan fingerprint density at radius 3 is 2.77 bits per heavy atom. The third-order valence-corrected chi connectivity index (χ3v) is 2.16. The lowest BCUT2D eigenvalue weighted by Gasteiger charge is -2.07. The maximum absolute atomic E-state index is 12.8. The monoisotopic (exact) mass is 201 g/mol. The topological polar surface area (TPSA) is 35.2 Å². The minimum absolute atomic E-state index is 0.0695. The maximum Gasteiger partial charge on any atom is 0.147 e. The highest BCUT2D eigenvalue weighted by molar-refractivity contribution is 6.32. The van der Waals surface area contributed by atoms with Crippen LogP contribution in [-0.4, -0.2) is 6.10 Å². The van der Waals surface area contributed by atoms with Crippen molar-refractivity contribution in [3.63, 3.8) is 0 Å². The van der Waals surface area contributed by atoms with E-state index < -0.39 is 5.82 Å². The zero-order valence-electron chi connectivity index (χ0n) is 6.89. The van der Waals surface area contributed by atoms with Gasteiger partial charge in [-0.15, -0.1) is 0 Å². The number of nitrogens with two attached hydrogens (primary N) is 1. The summed E-state index contributed by atoms with van der Waals surface area (Å²) >= 11 is 5.75. The molecule has 0 spiro atoms. The predicted molar refractivity (Wildman–Crippen MR) is 49.5 cm³/mol. The normalized spacial score (nSPS) is 15.8. The van der Waals surface area contributed by atoms with E-state index in [0.717, 1.165) is 12.8 Å². The van der Waals surface area contributed by atoms with Crippen LogP contribution < -0.4 is 10.5 Å². The average Bonchev–Trinajstić information content (AvgIpc) is 2.84. The van der Waals surface area contributed by atoms with Gasteiger partial charge in [-0.3, -0.25) is 0 Å². The molecule has 0 heterocycles. The number of halogens is 2. The van der Waals surface area contributed by atoms with Gasteiger partial charge in [0.25, 0.3) is 0 Å². The maximum atomic E-state index is 12.8. The Bertz CT molecular complexity index is 339. The zero-order valence-corrected chi connectivity index (χ0v) is 7.64. The first-order valence-electron chi connectivity index (χ1n) is 4.08. The molecule has 2 rings (SSSR count). The molecular weight excluding hydrogens is 193 g/mol. The Morgan fingerprint density at radius 2 is 2.15 bits per heavy atom. The molecule has 1 fully saturated rings. The van der Waals surface area contributed by atoms with Crippen molar-refractivity contribution in [1.82, 2.24) is 0 Å². The number of hydrogen-bond donors (Lipinski definition) is 1. The van der Waals surface area contributed by atoms with Crippen LogP contribution in [0.1, 0.15) is 12.8 Å². The first kappa shape index (κ1) is 8.63. The third kappa shape index (κ3) is 1.86. The van der Waals surface area contributed by atoms with Crippen LogP contribution in [0.4, 0.5) is 10.1 Å². The van der Waals surface area contributed by atoms with Gasteiger partial charge in [-0.05, 0) is 18.9 Å². The number of ether oxygens (including phenoxy) is 1. The number of rotatable bonds is 2. The van der Waals surface area contributed by atoms with E-state index in [1.807, 2.05) is 0 Å². The number of anilines is 1. The summed E-state index contributed by atoms with van der Waals surface area (Å²) in [5, 5.41) is 0.276. The zero-order chi connectivity index (χ0) is 9.42. The van der Waals surface area contributed by atoms with Gasteiger partial charge < -0.3 is 10.5 Å². The Morgan fingerprint density at radius 1 is 1.46 bits per heavy atom. The van der Waals surface area contributed by atoms with Gasteiger partial charge in [0, 0.05) is 6.07 Å². The summed E-state index contributed by atoms with van der Waals surface area (Å²) in [5.41, 5.74) is 5.44. The Balaban J connectivity index is 2.27. The van der Waals surface area contributed by atoms with Crippen LogP contribution in [0.2, 0.25) is 5.02 Å². The smallest absolute Gasteiger partial charge is 0.147 e. The molecule has 0 bridgehead atoms. The first-order valence-corrected chi connectivity index (χ1v) is 4.46. The second-order valence-electron chi connectivity index (χ2n) is 3.12. The van der Waals surface area contributed by atoms with Crippen molar-refractivity contribution in [2.75, 3.05) is 5.73 Å². The largest absolute Gasteiger partial charge is 0.489 e. The van der Waals surface area contributed by atoms with Crippen LogP contribution in [0.15, 0.2) is 12.1 Å². The van der Waals surface area contributed by atoms with Gasteiger partial charge in [-0.1, -0.05) is 11.6 Å². The van der Waals surface area contributed by atoms with Gasteiger partial charge in [0.15, 0.2) is 0 Å². The molecule has 0 amide bonds. The highest BCUT2D eigenvalue weighted by Crippen LogP contribution is 2.34. The molecule has 1 aliphatic carbocycles. The summed E-state index contributed by atoms with van der Waals surface area (Å²) in [7, 11) is 0. The fourth-order valence-corrected chi connectivity index (χ4v) is 1.20. The molecule has 1 saturated carbocycles. The van der Waals surface area contributed by atoms with Crippen LogP contribution in [0.5, 0.6) is 5.75 Å². The highest BCUT2D eigenvalue weighted by Gasteiger charge is 2.24. The van der Waals surface area contributed by atoms with Crippen LogP contribution >= 0.6 is 11.6 Å². The van der Waals surface area contributed by atoms with E-state index in [-0.39, 0.29) is 16.8 Å². The van der Waals surface area contributed by atoms with E-state index >= 15 is 0 Å². The number of hydrogen-bond acceptors (Lipinski definition) is 2. The molecule has 0 saturated heterocycles. The van der Waals surface area contributed by atoms with Gasteiger partial charge in [0.2, 0.25) is 0 Å². The van der Waals surface area contributed by atoms with Crippen LogP contribution in [0.3, 0.4) is 0 Å². The van der Waals surface area contributed by atoms with E-state index in [0.29, 0.717) is 5.75 Å². The first-order chi connectivity index (χ1) is 6.16. The van der Waals surface area contributed by atoms with Crippen LogP contribution in [0, 0.1) is 5.82 Å². The van der Waals surface area contributed by atoms with Crippen molar-refractivity contribution in [2.45, 2.75) is 18.9 Å². The lowest BCUT2D eigenvalue weighted by Crippen LogP contribution is -1.99. The fourth-order valence-electron chi connectivity index (χ4n) is 1.00. The van der Waals surface area contributed by atoms with Crippen molar-refractivity contribution in [3.05, 3.63) is 23.0 Å². The molecule has 70 valence electrons. The molecule has 2 N–H and O–H groups in total. The molecular formula is C9H9ClFNO. The second kappa shape index (κ2) is 3.07. The van der Waals surface area contributed by atoms with Crippen molar-refractivity contribution in [2.24, 2.45) is 0 Å². The van der Waals surface area contributed by atoms with Crippen LogP contribution in [0.25, 0.3) is 0 Å². The van der Waals surface area contributed by atoms with E-state index in [1.165, 1.54) is 12.1 Å². The fraction of sp³-hybridized carbons (Fsp3) is 0.333. The lowest BCUT2D eigenvalue weighted by atomic mass is 10.3. The average molecular weight is 202 g/mol. The molecule has 2 nitrogen and oxygen atoms in total. The van der Waals surface area contributed by atoms with Gasteiger partial charge >= 0.3 is 0 Å². The van der Waals surface area contributed by atoms with Gasteiger partial charge in [0.05, 0.1) is 16.8 Å². The highest BCUT2D eigenvalue weighted by atomic mass is 35.5. The lowest BCUT2D eigenvalue weighted by molar-refractivity contribution is 0.303. The molecule has 1 aromatic rings. The van der Waals surface area contributed by atoms with Gasteiger partial charge in [-0.2, -0.15) is 0 Å². The standard InChI is InChI=1S/C9H9ClFNO/c10-6-3-7(11)8(12)4-9(6)13-5-1-2-5/h3-5H,1-2,12H2. The van der Waals surface area contributed by atoms with Gasteiger partial charge in [0.1, 0.15) is 11.6 Å². The quantitative estimate of drug-likeness (QED) is 0.747. The van der Waals surface area contributed by atoms with Crippen molar-refractivity contribution < 1.29 is 9.13 Å². The van der Waals surface area contributed by atoms with Crippen LogP contribution in [-0.2, 0) is 0 Å². The molecule has 13 heavy (non-hydrogen) atoms.